The van der Waals surface area contributed by atoms with Crippen LogP contribution in [0.25, 0.3) is 0 Å². The van der Waals surface area contributed by atoms with Gasteiger partial charge in [0, 0.05) is 12.4 Å². The first-order chi connectivity index (χ1) is 5.68. The summed E-state index contributed by atoms with van der Waals surface area (Å²) in [6.07, 6.45) is 5.94. The molecule has 1 heterocycles. The van der Waals surface area contributed by atoms with Gasteiger partial charge in [-0.2, -0.15) is 0 Å². The van der Waals surface area contributed by atoms with E-state index < -0.39 is 0 Å². The zero-order chi connectivity index (χ0) is 8.97. The summed E-state index contributed by atoms with van der Waals surface area (Å²) in [6, 6.07) is 0. The molecular weight excluding hydrogens is 148 g/mol. The molecule has 0 aromatic carbocycles. The number of aromatic nitrogens is 2. The average Bonchev–Trinajstić information content (AvgIpc) is 2.03. The minimum atomic E-state index is 0.744. The zero-order valence-electron chi connectivity index (χ0n) is 8.04. The third kappa shape index (κ3) is 2.99. The second kappa shape index (κ2) is 4.19. The van der Waals surface area contributed by atoms with Crippen LogP contribution >= 0.6 is 0 Å². The molecule has 0 bridgehead atoms. The topological polar surface area (TPSA) is 25.8 Å². The Kier molecular flexibility index (Phi) is 3.20. The van der Waals surface area contributed by atoms with Crippen LogP contribution in [0.1, 0.15) is 31.7 Å². The highest BCUT2D eigenvalue weighted by molar-refractivity contribution is 5.00. The van der Waals surface area contributed by atoms with Crippen molar-refractivity contribution >= 4 is 0 Å². The predicted octanol–water partition coefficient (Wildman–Crippen LogP) is 2.37. The molecule has 1 rings (SSSR count). The van der Waals surface area contributed by atoms with Crippen LogP contribution in [0.15, 0.2) is 12.4 Å². The van der Waals surface area contributed by atoms with Gasteiger partial charge in [-0.25, -0.2) is 0 Å². The van der Waals surface area contributed by atoms with E-state index in [0.29, 0.717) is 0 Å². The molecule has 0 amide bonds. The Hall–Kier alpha value is -0.920. The molecule has 0 aliphatic carbocycles. The fourth-order valence-corrected chi connectivity index (χ4v) is 0.985. The van der Waals surface area contributed by atoms with Crippen molar-refractivity contribution in [1.29, 1.82) is 0 Å². The predicted molar refractivity (Wildman–Crippen MR) is 49.9 cm³/mol. The van der Waals surface area contributed by atoms with Gasteiger partial charge in [-0.1, -0.05) is 13.8 Å². The molecule has 0 fully saturated rings. The molecule has 1 aromatic rings. The molecule has 66 valence electrons. The molecule has 2 nitrogen and oxygen atoms in total. The first-order valence-corrected chi connectivity index (χ1v) is 4.46. The first kappa shape index (κ1) is 9.17. The summed E-state index contributed by atoms with van der Waals surface area (Å²) in [4.78, 5) is 8.48. The second-order valence-corrected chi connectivity index (χ2v) is 3.58. The van der Waals surface area contributed by atoms with Gasteiger partial charge in [-0.15, -0.1) is 0 Å². The fourth-order valence-electron chi connectivity index (χ4n) is 0.985. The Bertz CT molecular complexity index is 226. The Morgan fingerprint density at radius 2 is 2.00 bits per heavy atom. The fraction of sp³-hybridized carbons (Fsp3) is 0.600. The van der Waals surface area contributed by atoms with Crippen molar-refractivity contribution in [2.75, 3.05) is 0 Å². The first-order valence-electron chi connectivity index (χ1n) is 4.46. The average molecular weight is 164 g/mol. The molecule has 2 heteroatoms. The number of hydrogen-bond donors (Lipinski definition) is 0. The van der Waals surface area contributed by atoms with Gasteiger partial charge in [-0.05, 0) is 25.7 Å². The van der Waals surface area contributed by atoms with Gasteiger partial charge < -0.3 is 0 Å². The smallest absolute Gasteiger partial charge is 0.0587 e. The molecule has 0 saturated carbocycles. The van der Waals surface area contributed by atoms with Crippen molar-refractivity contribution < 1.29 is 0 Å². The summed E-state index contributed by atoms with van der Waals surface area (Å²) in [6.45, 7) is 6.41. The van der Waals surface area contributed by atoms with Crippen molar-refractivity contribution in [2.24, 2.45) is 5.92 Å². The minimum Gasteiger partial charge on any atom is -0.258 e. The lowest BCUT2D eigenvalue weighted by Gasteiger charge is -2.02. The molecule has 0 aliphatic heterocycles. The molecule has 0 spiro atoms. The Morgan fingerprint density at radius 3 is 2.50 bits per heavy atom. The molecule has 0 unspecified atom stereocenters. The summed E-state index contributed by atoms with van der Waals surface area (Å²) in [5.41, 5.74) is 2.09. The maximum Gasteiger partial charge on any atom is 0.0587 e. The summed E-state index contributed by atoms with van der Waals surface area (Å²) >= 11 is 0. The van der Waals surface area contributed by atoms with Gasteiger partial charge in [0.1, 0.15) is 0 Å². The summed E-state index contributed by atoms with van der Waals surface area (Å²) in [5, 5.41) is 0. The Labute approximate surface area is 74.1 Å². The highest BCUT2D eigenvalue weighted by Gasteiger charge is 1.97. The molecule has 1 aromatic heterocycles. The van der Waals surface area contributed by atoms with E-state index in [0.717, 1.165) is 23.7 Å². The molecule has 0 N–H and O–H groups in total. The molecule has 0 aliphatic rings. The number of rotatable bonds is 3. The van der Waals surface area contributed by atoms with E-state index in [1.54, 1.807) is 0 Å². The van der Waals surface area contributed by atoms with Crippen molar-refractivity contribution in [3.05, 3.63) is 23.8 Å². The van der Waals surface area contributed by atoms with Gasteiger partial charge in [-0.3, -0.25) is 9.97 Å². The van der Waals surface area contributed by atoms with E-state index >= 15 is 0 Å². The monoisotopic (exact) mass is 164 g/mol. The Balaban J connectivity index is 2.48. The van der Waals surface area contributed by atoms with E-state index in [4.69, 9.17) is 0 Å². The summed E-state index contributed by atoms with van der Waals surface area (Å²) < 4.78 is 0. The van der Waals surface area contributed by atoms with Gasteiger partial charge in [0.15, 0.2) is 0 Å². The second-order valence-electron chi connectivity index (χ2n) is 3.58. The van der Waals surface area contributed by atoms with E-state index in [-0.39, 0.29) is 0 Å². The standard InChI is InChI=1S/C10H16N2/c1-8(2)4-5-10-7-11-9(3)6-12-10/h6-8H,4-5H2,1-3H3. The molecule has 0 saturated heterocycles. The van der Waals surface area contributed by atoms with Gasteiger partial charge in [0.2, 0.25) is 0 Å². The summed E-state index contributed by atoms with van der Waals surface area (Å²) in [7, 11) is 0. The zero-order valence-corrected chi connectivity index (χ0v) is 8.04. The van der Waals surface area contributed by atoms with Gasteiger partial charge in [0.05, 0.1) is 11.4 Å². The number of hydrogen-bond acceptors (Lipinski definition) is 2. The van der Waals surface area contributed by atoms with E-state index in [1.807, 2.05) is 19.3 Å². The lowest BCUT2D eigenvalue weighted by Crippen LogP contribution is -1.96. The van der Waals surface area contributed by atoms with Crippen LogP contribution in [0.4, 0.5) is 0 Å². The van der Waals surface area contributed by atoms with Crippen molar-refractivity contribution in [2.45, 2.75) is 33.6 Å². The number of aryl methyl sites for hydroxylation is 2. The van der Waals surface area contributed by atoms with Crippen LogP contribution in [-0.4, -0.2) is 9.97 Å². The maximum atomic E-state index is 4.29. The van der Waals surface area contributed by atoms with E-state index in [2.05, 4.69) is 23.8 Å². The lowest BCUT2D eigenvalue weighted by atomic mass is 10.1. The minimum absolute atomic E-state index is 0.744. The third-order valence-corrected chi connectivity index (χ3v) is 1.81. The molecule has 0 radical (unpaired) electrons. The molecule has 12 heavy (non-hydrogen) atoms. The van der Waals surface area contributed by atoms with Crippen LogP contribution < -0.4 is 0 Å². The quantitative estimate of drug-likeness (QED) is 0.685. The van der Waals surface area contributed by atoms with E-state index in [1.165, 1.54) is 6.42 Å². The maximum absolute atomic E-state index is 4.29. The normalized spacial score (nSPS) is 10.7. The lowest BCUT2D eigenvalue weighted by molar-refractivity contribution is 0.580. The van der Waals surface area contributed by atoms with Crippen LogP contribution in [0.2, 0.25) is 0 Å². The van der Waals surface area contributed by atoms with Crippen LogP contribution in [-0.2, 0) is 6.42 Å². The molecular formula is C10H16N2. The third-order valence-electron chi connectivity index (χ3n) is 1.81. The van der Waals surface area contributed by atoms with Gasteiger partial charge in [0.25, 0.3) is 0 Å². The van der Waals surface area contributed by atoms with E-state index in [9.17, 15) is 0 Å². The summed E-state index contributed by atoms with van der Waals surface area (Å²) in [5.74, 6) is 0.744. The van der Waals surface area contributed by atoms with Crippen LogP contribution in [0.5, 0.6) is 0 Å². The highest BCUT2D eigenvalue weighted by Crippen LogP contribution is 2.05. The van der Waals surface area contributed by atoms with Crippen molar-refractivity contribution in [3.8, 4) is 0 Å². The Morgan fingerprint density at radius 1 is 1.25 bits per heavy atom. The number of nitrogens with zero attached hydrogens (tertiary/aromatic N) is 2. The van der Waals surface area contributed by atoms with Crippen LogP contribution in [0.3, 0.4) is 0 Å². The van der Waals surface area contributed by atoms with Crippen molar-refractivity contribution in [1.82, 2.24) is 9.97 Å². The SMILES string of the molecule is Cc1cnc(CCC(C)C)cn1. The largest absolute Gasteiger partial charge is 0.258 e. The van der Waals surface area contributed by atoms with Gasteiger partial charge >= 0.3 is 0 Å². The van der Waals surface area contributed by atoms with Crippen LogP contribution in [0, 0.1) is 12.8 Å². The highest BCUT2D eigenvalue weighted by atomic mass is 14.8. The molecule has 0 atom stereocenters. The van der Waals surface area contributed by atoms with Crippen molar-refractivity contribution in [3.63, 3.8) is 0 Å².